The van der Waals surface area contributed by atoms with Gasteiger partial charge < -0.3 is 14.9 Å². The lowest BCUT2D eigenvalue weighted by atomic mass is 9.44. The van der Waals surface area contributed by atoms with E-state index in [0.29, 0.717) is 0 Å². The maximum atomic E-state index is 17.3. The predicted octanol–water partition coefficient (Wildman–Crippen LogP) is 2.83. The van der Waals surface area contributed by atoms with Crippen LogP contribution in [-0.2, 0) is 19.1 Å². The lowest BCUT2D eigenvalue weighted by Gasteiger charge is -2.64. The Morgan fingerprint density at radius 1 is 1.33 bits per heavy atom. The first-order valence-corrected chi connectivity index (χ1v) is 12.4. The summed E-state index contributed by atoms with van der Waals surface area (Å²) in [6, 6.07) is 0. The minimum absolute atomic E-state index is 0.0135. The van der Waals surface area contributed by atoms with Gasteiger partial charge in [0.1, 0.15) is 12.8 Å². The number of ether oxygens (including phenoxy) is 1. The Morgan fingerprint density at radius 2 is 1.97 bits per heavy atom. The quantitative estimate of drug-likeness (QED) is 0.304. The maximum Gasteiger partial charge on any atom is 0.303 e. The zero-order chi connectivity index (χ0) is 24.7. The number of halogens is 3. The number of esters is 1. The molecule has 3 fully saturated rings. The molecule has 4 aliphatic carbocycles. The number of carbonyl (C=O) groups is 3. The van der Waals surface area contributed by atoms with E-state index in [1.54, 1.807) is 13.8 Å². The van der Waals surface area contributed by atoms with Crippen molar-refractivity contribution in [1.82, 2.24) is 0 Å². The third-order valence-corrected chi connectivity index (χ3v) is 10.5. The number of aliphatic hydroxyl groups is 2. The van der Waals surface area contributed by atoms with Gasteiger partial charge in [0.15, 0.2) is 17.1 Å². The van der Waals surface area contributed by atoms with Crippen molar-refractivity contribution < 1.29 is 38.1 Å². The van der Waals surface area contributed by atoms with E-state index >= 15 is 8.78 Å². The van der Waals surface area contributed by atoms with Crippen LogP contribution in [0.1, 0.15) is 40.5 Å². The fraction of sp³-hybridized carbons (Fsp3) is 0.708. The molecule has 0 heterocycles. The molecule has 182 valence electrons. The smallest absolute Gasteiger partial charge is 0.303 e. The number of carbonyl (C=O) groups excluding carboxylic acids is 3. The molecule has 6 nitrogen and oxygen atoms in total. The zero-order valence-electron chi connectivity index (χ0n) is 19.0. The van der Waals surface area contributed by atoms with E-state index in [2.05, 4.69) is 0 Å². The average Bonchev–Trinajstić information content (AvgIpc) is 2.95. The number of hydrogen-bond acceptors (Lipinski definition) is 6. The molecule has 0 amide bonds. The van der Waals surface area contributed by atoms with Gasteiger partial charge in [-0.25, -0.2) is 8.78 Å². The molecule has 0 radical (unpaired) electrons. The number of ketones is 2. The third kappa shape index (κ3) is 2.84. The summed E-state index contributed by atoms with van der Waals surface area (Å²) in [7, 11) is 0. The summed E-state index contributed by atoms with van der Waals surface area (Å²) in [6.07, 6.45) is 0.450. The number of Topliss-reactive ketones (excluding diaryl/α,β-unsaturated/α-hetero) is 1. The van der Waals surface area contributed by atoms with E-state index in [1.165, 1.54) is 19.1 Å². The van der Waals surface area contributed by atoms with Crippen LogP contribution in [0, 0.1) is 28.6 Å². The van der Waals surface area contributed by atoms with Crippen LogP contribution in [0.4, 0.5) is 8.78 Å². The zero-order valence-corrected chi connectivity index (χ0v) is 21.1. The molecule has 3 saturated carbocycles. The van der Waals surface area contributed by atoms with Crippen molar-refractivity contribution in [3.63, 3.8) is 0 Å². The van der Waals surface area contributed by atoms with Gasteiger partial charge in [0.2, 0.25) is 5.78 Å². The molecule has 4 aliphatic rings. The molecule has 4 unspecified atom stereocenters. The van der Waals surface area contributed by atoms with Crippen LogP contribution < -0.4 is 0 Å². The second-order valence-corrected chi connectivity index (χ2v) is 11.9. The molecular formula is C24H29F2IO6. The van der Waals surface area contributed by atoms with Crippen molar-refractivity contribution >= 4 is 40.1 Å². The van der Waals surface area contributed by atoms with Crippen LogP contribution in [0.25, 0.3) is 0 Å². The van der Waals surface area contributed by atoms with Crippen LogP contribution >= 0.6 is 22.6 Å². The van der Waals surface area contributed by atoms with E-state index in [-0.39, 0.29) is 18.4 Å². The van der Waals surface area contributed by atoms with Crippen LogP contribution in [0.15, 0.2) is 23.8 Å². The summed E-state index contributed by atoms with van der Waals surface area (Å²) in [5.74, 6) is -4.10. The largest absolute Gasteiger partial charge is 0.450 e. The maximum absolute atomic E-state index is 17.3. The topological polar surface area (TPSA) is 101 Å². The predicted molar refractivity (Wildman–Crippen MR) is 123 cm³/mol. The molecule has 0 aliphatic heterocycles. The van der Waals surface area contributed by atoms with Crippen LogP contribution in [0.3, 0.4) is 0 Å². The van der Waals surface area contributed by atoms with Crippen molar-refractivity contribution in [2.24, 2.45) is 28.6 Å². The Morgan fingerprint density at radius 3 is 2.55 bits per heavy atom. The first-order valence-electron chi connectivity index (χ1n) is 11.2. The molecule has 9 heteroatoms. The molecule has 0 aromatic heterocycles. The number of rotatable bonds is 3. The van der Waals surface area contributed by atoms with Gasteiger partial charge in [0, 0.05) is 29.6 Å². The van der Waals surface area contributed by atoms with Crippen molar-refractivity contribution in [3.8, 4) is 0 Å². The molecule has 10 atom stereocenters. The van der Waals surface area contributed by atoms with Crippen molar-refractivity contribution in [3.05, 3.63) is 23.8 Å². The number of allylic oxidation sites excluding steroid dienone is 4. The lowest BCUT2D eigenvalue weighted by Crippen LogP contribution is -2.73. The number of alkyl halides is 3. The molecule has 0 bridgehead atoms. The monoisotopic (exact) mass is 578 g/mol. The highest BCUT2D eigenvalue weighted by Gasteiger charge is 2.79. The van der Waals surface area contributed by atoms with E-state index in [0.717, 1.165) is 13.0 Å². The summed E-state index contributed by atoms with van der Waals surface area (Å²) in [5.41, 5.74) is -6.85. The Hall–Kier alpha value is -1.20. The Kier molecular flexibility index (Phi) is 5.77. The Labute approximate surface area is 205 Å². The highest BCUT2D eigenvalue weighted by Crippen LogP contribution is 2.72. The van der Waals surface area contributed by atoms with Crippen molar-refractivity contribution in [2.45, 2.75) is 68.0 Å². The molecule has 2 N–H and O–H groups in total. The molecule has 33 heavy (non-hydrogen) atoms. The summed E-state index contributed by atoms with van der Waals surface area (Å²) < 4.78 is 37.9. The van der Waals surface area contributed by atoms with Crippen LogP contribution in [-0.4, -0.2) is 61.8 Å². The fourth-order valence-electron chi connectivity index (χ4n) is 7.68. The van der Waals surface area contributed by atoms with Crippen LogP contribution in [0.5, 0.6) is 0 Å². The van der Waals surface area contributed by atoms with Crippen molar-refractivity contribution in [2.75, 3.05) is 6.61 Å². The second kappa shape index (κ2) is 7.65. The molecule has 4 rings (SSSR count). The summed E-state index contributed by atoms with van der Waals surface area (Å²) in [6.45, 7) is 5.17. The summed E-state index contributed by atoms with van der Waals surface area (Å²) in [5, 5.41) is 21.2. The van der Waals surface area contributed by atoms with Gasteiger partial charge in [-0.2, -0.15) is 0 Å². The van der Waals surface area contributed by atoms with Gasteiger partial charge in [-0.05, 0) is 43.4 Å². The van der Waals surface area contributed by atoms with E-state index in [1.807, 2.05) is 22.6 Å². The first-order chi connectivity index (χ1) is 15.2. The molecule has 0 saturated heterocycles. The van der Waals surface area contributed by atoms with Gasteiger partial charge in [-0.15, -0.1) is 0 Å². The van der Waals surface area contributed by atoms with Gasteiger partial charge >= 0.3 is 5.97 Å². The summed E-state index contributed by atoms with van der Waals surface area (Å²) in [4.78, 5) is 37.2. The van der Waals surface area contributed by atoms with Gasteiger partial charge in [0.25, 0.3) is 0 Å². The number of aliphatic hydroxyl groups excluding tert-OH is 2. The Balaban J connectivity index is 1.94. The SMILES string of the molecule is CC(=O)O[C@]1(C(=O)CO)C(C)C[C@H]2[C@@H]3C(I)C(F)C4=CC(=O)C=C[C@]4(C)[C@@]3(F)C(O)C[C@@]21C. The van der Waals surface area contributed by atoms with Gasteiger partial charge in [0.05, 0.1) is 10.0 Å². The molecule has 0 spiro atoms. The fourth-order valence-corrected chi connectivity index (χ4v) is 9.09. The van der Waals surface area contributed by atoms with Gasteiger partial charge in [-0.3, -0.25) is 14.4 Å². The minimum atomic E-state index is -2.32. The second-order valence-electron chi connectivity index (χ2n) is 10.5. The molecule has 0 aromatic rings. The lowest BCUT2D eigenvalue weighted by molar-refractivity contribution is -0.228. The number of fused-ring (bicyclic) bond motifs is 5. The molecular weight excluding hydrogens is 549 g/mol. The Bertz CT molecular complexity index is 982. The summed E-state index contributed by atoms with van der Waals surface area (Å²) >= 11 is 1.85. The standard InChI is InChI=1S/C24H29F2IO6/c1-11-7-14-18-20(27)19(25)15-8-13(30)5-6-21(15,3)23(18,26)16(31)9-22(14,4)24(11,17(32)10-28)33-12(2)29/h5-6,8,11,14,16,18-20,28,31H,7,9-10H2,1-4H3/t11?,14-,16?,18+,19?,20?,21-,22-,23+,24-/m0/s1. The van der Waals surface area contributed by atoms with Crippen molar-refractivity contribution in [1.29, 1.82) is 0 Å². The van der Waals surface area contributed by atoms with E-state index < -0.39 is 80.2 Å². The van der Waals surface area contributed by atoms with Crippen LogP contribution in [0.2, 0.25) is 0 Å². The van der Waals surface area contributed by atoms with E-state index in [4.69, 9.17) is 4.74 Å². The highest BCUT2D eigenvalue weighted by atomic mass is 127. The molecule has 0 aromatic carbocycles. The first kappa shape index (κ1) is 24.9. The van der Waals surface area contributed by atoms with E-state index in [9.17, 15) is 24.6 Å². The minimum Gasteiger partial charge on any atom is -0.450 e. The van der Waals surface area contributed by atoms with Gasteiger partial charge in [-0.1, -0.05) is 42.5 Å². The highest BCUT2D eigenvalue weighted by molar-refractivity contribution is 14.1. The normalized spacial score (nSPS) is 50.7. The third-order valence-electron chi connectivity index (χ3n) is 9.05. The average molecular weight is 578 g/mol. The number of hydrogen-bond donors (Lipinski definition) is 2.